The van der Waals surface area contributed by atoms with Crippen molar-refractivity contribution < 1.29 is 68.1 Å². The molecular formula is C59H95N15O14. The molecule has 29 nitrogen and oxygen atoms in total. The molecular weight excluding hydrogens is 1140 g/mol. The maximum Gasteiger partial charge on any atom is 0.326 e. The topological polar surface area (TPSA) is 499 Å². The maximum absolute atomic E-state index is 14.8. The zero-order valence-corrected chi connectivity index (χ0v) is 51.3. The number of hydrogen-bond acceptors (Lipinski definition) is 16. The highest BCUT2D eigenvalue weighted by Crippen LogP contribution is 2.16. The van der Waals surface area contributed by atoms with Crippen LogP contribution in [0.1, 0.15) is 123 Å². The molecule has 0 radical (unpaired) electrons. The van der Waals surface area contributed by atoms with Crippen LogP contribution < -0.4 is 76.5 Å². The van der Waals surface area contributed by atoms with Crippen molar-refractivity contribution in [2.45, 2.75) is 179 Å². The van der Waals surface area contributed by atoms with Crippen LogP contribution in [0.4, 0.5) is 0 Å². The lowest BCUT2D eigenvalue weighted by atomic mass is 9.95. The lowest BCUT2D eigenvalue weighted by molar-refractivity contribution is -0.144. The van der Waals surface area contributed by atoms with Gasteiger partial charge < -0.3 is 91.8 Å². The van der Waals surface area contributed by atoms with E-state index < -0.39 is 144 Å². The van der Waals surface area contributed by atoms with E-state index in [1.54, 1.807) is 71.9 Å². The number of aromatic hydroxyl groups is 1. The summed E-state index contributed by atoms with van der Waals surface area (Å²) in [5, 5.41) is 52.9. The number of amides is 9. The summed E-state index contributed by atoms with van der Waals surface area (Å²) < 4.78 is 0. The van der Waals surface area contributed by atoms with Crippen molar-refractivity contribution in [1.82, 2.24) is 47.9 Å². The molecule has 0 aliphatic rings. The number of aliphatic carboxylic acids is 2. The van der Waals surface area contributed by atoms with Crippen molar-refractivity contribution in [3.63, 3.8) is 0 Å². The molecule has 88 heavy (non-hydrogen) atoms. The quantitative estimate of drug-likeness (QED) is 0.0196. The Morgan fingerprint density at radius 2 is 1.00 bits per heavy atom. The van der Waals surface area contributed by atoms with Crippen molar-refractivity contribution in [2.24, 2.45) is 51.4 Å². The van der Waals surface area contributed by atoms with Crippen LogP contribution in [0.15, 0.2) is 59.6 Å². The summed E-state index contributed by atoms with van der Waals surface area (Å²) in [6.07, 6.45) is 1.14. The smallest absolute Gasteiger partial charge is 0.326 e. The molecule has 10 atom stereocenters. The highest BCUT2D eigenvalue weighted by Gasteiger charge is 2.37. The maximum atomic E-state index is 14.8. The molecule has 22 N–H and O–H groups in total. The van der Waals surface area contributed by atoms with Crippen LogP contribution in [0, 0.1) is 17.8 Å². The van der Waals surface area contributed by atoms with E-state index in [2.05, 4.69) is 52.8 Å². The SMILES string of the molecule is CC[C@H](C)[C@H](NC(=O)[C@@H](NC(=O)CNC(=O)[C@@H](N)CCCCN)C(C)C)C(=O)N[C@@H](Cc1ccccc1)C(=O)N[C@@H](Cc1ccc(O)cc1)C(=O)N[C@@H](CC(C)C)C(=O)N[C@@H](CCCN=C(N)N)C(=O)N[C@@H](CC(=O)O)C(=O)N[C@@H](CCCCN)C(=O)O. The largest absolute Gasteiger partial charge is 0.508 e. The fourth-order valence-corrected chi connectivity index (χ4v) is 9.01. The van der Waals surface area contributed by atoms with Gasteiger partial charge in [-0.15, -0.1) is 0 Å². The summed E-state index contributed by atoms with van der Waals surface area (Å²) in [5.41, 5.74) is 29.1. The Morgan fingerprint density at radius 1 is 0.523 bits per heavy atom. The first-order valence-corrected chi connectivity index (χ1v) is 29.8. The summed E-state index contributed by atoms with van der Waals surface area (Å²) in [7, 11) is 0. The van der Waals surface area contributed by atoms with Gasteiger partial charge >= 0.3 is 11.9 Å². The zero-order valence-electron chi connectivity index (χ0n) is 51.3. The third-order valence-corrected chi connectivity index (χ3v) is 14.2. The fraction of sp³-hybridized carbons (Fsp3) is 0.593. The van der Waals surface area contributed by atoms with Crippen molar-refractivity contribution in [3.05, 3.63) is 65.7 Å². The second kappa shape index (κ2) is 40.1. The molecule has 0 aliphatic carbocycles. The van der Waals surface area contributed by atoms with Crippen LogP contribution in [0.5, 0.6) is 5.75 Å². The van der Waals surface area contributed by atoms with Gasteiger partial charge in [0.2, 0.25) is 53.2 Å². The third kappa shape index (κ3) is 28.8. The number of benzene rings is 2. The number of phenolic OH excluding ortho intramolecular Hbond substituents is 1. The predicted molar refractivity (Wildman–Crippen MR) is 328 cm³/mol. The second-order valence-corrected chi connectivity index (χ2v) is 22.5. The van der Waals surface area contributed by atoms with E-state index in [-0.39, 0.29) is 69.2 Å². The fourth-order valence-electron chi connectivity index (χ4n) is 9.01. The Hall–Kier alpha value is -8.44. The van der Waals surface area contributed by atoms with E-state index in [9.17, 15) is 68.1 Å². The summed E-state index contributed by atoms with van der Waals surface area (Å²) in [4.78, 5) is 154. The van der Waals surface area contributed by atoms with Crippen molar-refractivity contribution in [1.29, 1.82) is 0 Å². The first-order valence-electron chi connectivity index (χ1n) is 29.8. The number of nitrogens with two attached hydrogens (primary N) is 5. The van der Waals surface area contributed by atoms with Crippen molar-refractivity contribution >= 4 is 71.1 Å². The molecule has 2 aromatic rings. The van der Waals surface area contributed by atoms with Gasteiger partial charge in [0.15, 0.2) is 5.96 Å². The molecule has 29 heteroatoms. The van der Waals surface area contributed by atoms with Gasteiger partial charge in [-0.05, 0) is 105 Å². The van der Waals surface area contributed by atoms with Gasteiger partial charge in [0.05, 0.1) is 19.0 Å². The monoisotopic (exact) mass is 1240 g/mol. The molecule has 490 valence electrons. The van der Waals surface area contributed by atoms with Crippen molar-refractivity contribution in [3.8, 4) is 5.75 Å². The van der Waals surface area contributed by atoms with Crippen LogP contribution in [-0.2, 0) is 65.6 Å². The number of carboxylic acids is 2. The number of rotatable bonds is 42. The number of unbranched alkanes of at least 4 members (excludes halogenated alkanes) is 2. The lowest BCUT2D eigenvalue weighted by Gasteiger charge is -2.30. The Bertz CT molecular complexity index is 2620. The molecule has 0 unspecified atom stereocenters. The van der Waals surface area contributed by atoms with Crippen LogP contribution in [-0.4, -0.2) is 167 Å². The Labute approximate surface area is 513 Å². The van der Waals surface area contributed by atoms with Gasteiger partial charge in [0.25, 0.3) is 0 Å². The molecule has 0 saturated heterocycles. The van der Waals surface area contributed by atoms with Gasteiger partial charge in [-0.25, -0.2) is 4.79 Å². The number of carbonyl (C=O) groups excluding carboxylic acids is 9. The molecule has 0 spiro atoms. The van der Waals surface area contributed by atoms with E-state index >= 15 is 0 Å². The van der Waals surface area contributed by atoms with Crippen LogP contribution in [0.2, 0.25) is 0 Å². The molecule has 0 aliphatic heterocycles. The summed E-state index contributed by atoms with van der Waals surface area (Å²) in [6.45, 7) is 10.5. The van der Waals surface area contributed by atoms with Crippen molar-refractivity contribution in [2.75, 3.05) is 26.2 Å². The van der Waals surface area contributed by atoms with E-state index in [1.165, 1.54) is 24.3 Å². The number of nitrogens with one attached hydrogen (secondary N) is 9. The minimum atomic E-state index is -1.82. The van der Waals surface area contributed by atoms with Crippen LogP contribution in [0.25, 0.3) is 0 Å². The number of phenols is 1. The Kier molecular flexibility index (Phi) is 34.5. The number of nitrogens with zero attached hydrogens (tertiary/aromatic N) is 1. The molecule has 0 bridgehead atoms. The van der Waals surface area contributed by atoms with Gasteiger partial charge in [0.1, 0.15) is 54.1 Å². The van der Waals surface area contributed by atoms with Crippen LogP contribution in [0.3, 0.4) is 0 Å². The molecule has 0 fully saturated rings. The molecule has 9 amide bonds. The number of carbonyl (C=O) groups is 11. The highest BCUT2D eigenvalue weighted by molar-refractivity contribution is 5.99. The van der Waals surface area contributed by atoms with E-state index in [0.717, 1.165) is 0 Å². The molecule has 2 rings (SSSR count). The number of carboxylic acid groups (broad SMARTS) is 2. The second-order valence-electron chi connectivity index (χ2n) is 22.5. The first-order chi connectivity index (χ1) is 41.6. The van der Waals surface area contributed by atoms with E-state index in [0.29, 0.717) is 56.2 Å². The lowest BCUT2D eigenvalue weighted by Crippen LogP contribution is -2.62. The van der Waals surface area contributed by atoms with E-state index in [1.807, 2.05) is 0 Å². The minimum absolute atomic E-state index is 0.0392. The standard InChI is InChI=1S/C59H95N15O14/c1-7-35(6)49(74-56(85)48(34(4)5)73-46(76)32-66-50(79)39(62)18-11-13-25-60)57(86)72-44(29-36-16-9-8-10-17-36)54(83)70-43(30-37-21-23-38(75)24-22-37)53(82)69-42(28-33(2)3)52(81)67-40(20-15-27-65-59(63)64)51(80)71-45(31-47(77)78)55(84)68-41(58(87)88)19-12-14-26-61/h8-10,16-17,21-24,33-35,39-45,48-49,75H,7,11-15,18-20,25-32,60-62H2,1-6H3,(H,66,79)(H,67,81)(H,68,84)(H,69,82)(H,70,83)(H,71,80)(H,72,86)(H,73,76)(H,74,85)(H,77,78)(H,87,88)(H4,63,64,65)/t35-,39-,40-,41-,42-,43-,44-,45-,48-,49-/m0/s1. The molecule has 0 heterocycles. The normalized spacial score (nSPS) is 14.5. The molecule has 0 saturated carbocycles. The van der Waals surface area contributed by atoms with Crippen LogP contribution >= 0.6 is 0 Å². The summed E-state index contributed by atoms with van der Waals surface area (Å²) in [6, 6.07) is 1.78. The molecule has 2 aromatic carbocycles. The summed E-state index contributed by atoms with van der Waals surface area (Å²) in [5.74, 6) is -12.3. The number of hydrogen-bond donors (Lipinski definition) is 17. The molecule has 0 aromatic heterocycles. The Balaban J connectivity index is 2.58. The number of aliphatic imine (C=N–C) groups is 1. The summed E-state index contributed by atoms with van der Waals surface area (Å²) >= 11 is 0. The van der Waals surface area contributed by atoms with Gasteiger partial charge in [-0.1, -0.05) is 96.8 Å². The third-order valence-electron chi connectivity index (χ3n) is 14.2. The highest BCUT2D eigenvalue weighted by atomic mass is 16.4. The first kappa shape index (κ1) is 75.7. The zero-order chi connectivity index (χ0) is 66.0. The Morgan fingerprint density at radius 3 is 1.53 bits per heavy atom. The van der Waals surface area contributed by atoms with Gasteiger partial charge in [-0.2, -0.15) is 0 Å². The minimum Gasteiger partial charge on any atom is -0.508 e. The predicted octanol–water partition coefficient (Wildman–Crippen LogP) is -1.88. The number of guanidine groups is 1. The van der Waals surface area contributed by atoms with Gasteiger partial charge in [0, 0.05) is 19.4 Å². The average molecular weight is 1240 g/mol. The van der Waals surface area contributed by atoms with E-state index in [4.69, 9.17) is 28.7 Å². The average Bonchev–Trinajstić information content (AvgIpc) is 1.84. The van der Waals surface area contributed by atoms with Gasteiger partial charge in [-0.3, -0.25) is 52.9 Å².